The number of ether oxygens (including phenoxy) is 2. The number of para-hydroxylation sites is 1. The van der Waals surface area contributed by atoms with E-state index in [-0.39, 0.29) is 23.7 Å². The molecule has 1 saturated heterocycles. The topological polar surface area (TPSA) is 126 Å². The summed E-state index contributed by atoms with van der Waals surface area (Å²) < 4.78 is 11.1. The summed E-state index contributed by atoms with van der Waals surface area (Å²) in [4.78, 5) is 47.4. The van der Waals surface area contributed by atoms with Gasteiger partial charge in [0.2, 0.25) is 17.8 Å². The zero-order valence-corrected chi connectivity index (χ0v) is 18.2. The van der Waals surface area contributed by atoms with Crippen LogP contribution in [0.3, 0.4) is 0 Å². The van der Waals surface area contributed by atoms with Gasteiger partial charge in [0.1, 0.15) is 17.3 Å². The number of nitrogens with zero attached hydrogens (tertiary/aromatic N) is 2. The average Bonchev–Trinajstić information content (AvgIpc) is 2.85. The van der Waals surface area contributed by atoms with Gasteiger partial charge in [-0.15, -0.1) is 0 Å². The fourth-order valence-electron chi connectivity index (χ4n) is 3.97. The van der Waals surface area contributed by atoms with E-state index in [1.165, 1.54) is 0 Å². The highest BCUT2D eigenvalue weighted by molar-refractivity contribution is 6.04. The van der Waals surface area contributed by atoms with E-state index in [2.05, 4.69) is 20.6 Å². The largest absolute Gasteiger partial charge is 0.457 e. The van der Waals surface area contributed by atoms with Gasteiger partial charge in [0.15, 0.2) is 0 Å². The Labute approximate surface area is 194 Å². The van der Waals surface area contributed by atoms with Crippen molar-refractivity contribution in [3.05, 3.63) is 70.5 Å². The van der Waals surface area contributed by atoms with Crippen LogP contribution in [-0.2, 0) is 14.3 Å². The third-order valence-electron chi connectivity index (χ3n) is 5.67. The van der Waals surface area contributed by atoms with Gasteiger partial charge in [0, 0.05) is 25.2 Å². The molecule has 0 aliphatic carbocycles. The van der Waals surface area contributed by atoms with E-state index >= 15 is 0 Å². The van der Waals surface area contributed by atoms with Crippen molar-refractivity contribution in [3.63, 3.8) is 0 Å². The molecular weight excluding hydrogens is 438 g/mol. The number of hydrogen-bond acceptors (Lipinski definition) is 7. The van der Waals surface area contributed by atoms with Crippen molar-refractivity contribution in [2.75, 3.05) is 41.8 Å². The molecule has 1 aromatic heterocycles. The van der Waals surface area contributed by atoms with Crippen LogP contribution in [0.15, 0.2) is 59.4 Å². The van der Waals surface area contributed by atoms with Crippen molar-refractivity contribution in [1.82, 2.24) is 9.97 Å². The molecule has 0 spiro atoms. The van der Waals surface area contributed by atoms with Crippen LogP contribution in [0.1, 0.15) is 17.9 Å². The number of rotatable bonds is 5. The monoisotopic (exact) mass is 461 g/mol. The van der Waals surface area contributed by atoms with E-state index in [0.29, 0.717) is 49.4 Å². The number of carbonyl (C=O) groups is 2. The summed E-state index contributed by atoms with van der Waals surface area (Å²) >= 11 is 0. The van der Waals surface area contributed by atoms with Crippen molar-refractivity contribution in [3.8, 4) is 11.5 Å². The summed E-state index contributed by atoms with van der Waals surface area (Å²) in [6.45, 7) is 2.19. The molecule has 3 aromatic rings. The maximum absolute atomic E-state index is 13.1. The van der Waals surface area contributed by atoms with Gasteiger partial charge in [-0.25, -0.2) is 0 Å². The van der Waals surface area contributed by atoms with Crippen molar-refractivity contribution < 1.29 is 19.1 Å². The molecule has 2 aliphatic heterocycles. The summed E-state index contributed by atoms with van der Waals surface area (Å²) in [5.74, 6) is -0.00524. The molecule has 5 rings (SSSR count). The fraction of sp³-hybridized carbons (Fsp3) is 0.250. The molecule has 3 N–H and O–H groups in total. The van der Waals surface area contributed by atoms with Gasteiger partial charge in [-0.3, -0.25) is 19.4 Å². The summed E-state index contributed by atoms with van der Waals surface area (Å²) in [6.07, 6.45) is -0.143. The van der Waals surface area contributed by atoms with Gasteiger partial charge >= 0.3 is 0 Å². The fourth-order valence-corrected chi connectivity index (χ4v) is 3.97. The summed E-state index contributed by atoms with van der Waals surface area (Å²) in [7, 11) is 0. The van der Waals surface area contributed by atoms with Gasteiger partial charge in [0.25, 0.3) is 5.56 Å². The summed E-state index contributed by atoms with van der Waals surface area (Å²) in [5.41, 5.74) is 0.226. The molecule has 10 nitrogen and oxygen atoms in total. The normalized spacial score (nSPS) is 17.5. The number of benzene rings is 2. The first-order valence-electron chi connectivity index (χ1n) is 11.0. The Morgan fingerprint density at radius 3 is 2.47 bits per heavy atom. The van der Waals surface area contributed by atoms with Crippen LogP contribution >= 0.6 is 0 Å². The molecule has 34 heavy (non-hydrogen) atoms. The van der Waals surface area contributed by atoms with E-state index in [1.807, 2.05) is 35.2 Å². The molecule has 1 unspecified atom stereocenters. The van der Waals surface area contributed by atoms with Gasteiger partial charge < -0.3 is 25.0 Å². The predicted molar refractivity (Wildman–Crippen MR) is 125 cm³/mol. The second kappa shape index (κ2) is 9.36. The molecule has 3 heterocycles. The maximum Gasteiger partial charge on any atom is 0.258 e. The number of H-pyrrole nitrogens is 1. The van der Waals surface area contributed by atoms with Gasteiger partial charge in [-0.05, 0) is 36.4 Å². The van der Waals surface area contributed by atoms with E-state index < -0.39 is 17.4 Å². The SMILES string of the molecule is O=C1CC(C(=O)Nc2ccc(Oc3ccccc3)cc2)c2c(nc(N3CCOCC3)[nH]c2=O)N1. The maximum atomic E-state index is 13.1. The Balaban J connectivity index is 1.33. The highest BCUT2D eigenvalue weighted by atomic mass is 16.5. The minimum atomic E-state index is -0.959. The Kier molecular flexibility index (Phi) is 5.96. The van der Waals surface area contributed by atoms with E-state index in [9.17, 15) is 14.4 Å². The molecule has 0 saturated carbocycles. The zero-order valence-electron chi connectivity index (χ0n) is 18.2. The van der Waals surface area contributed by atoms with Gasteiger partial charge in [0.05, 0.1) is 24.7 Å². The lowest BCUT2D eigenvalue weighted by atomic mass is 9.92. The number of morpholine rings is 1. The zero-order chi connectivity index (χ0) is 23.5. The second-order valence-corrected chi connectivity index (χ2v) is 7.98. The number of fused-ring (bicyclic) bond motifs is 1. The third-order valence-corrected chi connectivity index (χ3v) is 5.67. The van der Waals surface area contributed by atoms with Crippen molar-refractivity contribution in [2.24, 2.45) is 0 Å². The first-order chi connectivity index (χ1) is 16.6. The van der Waals surface area contributed by atoms with Gasteiger partial charge in [-0.2, -0.15) is 4.98 Å². The second-order valence-electron chi connectivity index (χ2n) is 7.98. The molecular formula is C24H23N5O5. The van der Waals surface area contributed by atoms with Crippen molar-refractivity contribution in [1.29, 1.82) is 0 Å². The Morgan fingerprint density at radius 2 is 1.74 bits per heavy atom. The number of nitrogens with one attached hydrogen (secondary N) is 3. The van der Waals surface area contributed by atoms with Crippen molar-refractivity contribution >= 4 is 29.3 Å². The standard InChI is InChI=1S/C24H23N5O5/c30-19-14-18(20-21(26-19)27-24(28-23(20)32)29-10-12-33-13-11-29)22(31)25-15-6-8-17(9-7-15)34-16-4-2-1-3-5-16/h1-9,18H,10-14H2,(H,25,31)(H2,26,27,28,30,32). The molecule has 0 radical (unpaired) electrons. The quantitative estimate of drug-likeness (QED) is 0.533. The molecule has 2 aromatic carbocycles. The van der Waals surface area contributed by atoms with Crippen LogP contribution < -0.4 is 25.8 Å². The minimum absolute atomic E-state index is 0.119. The van der Waals surface area contributed by atoms with Gasteiger partial charge in [-0.1, -0.05) is 18.2 Å². The van der Waals surface area contributed by atoms with E-state index in [4.69, 9.17) is 9.47 Å². The van der Waals surface area contributed by atoms with Crippen molar-refractivity contribution in [2.45, 2.75) is 12.3 Å². The highest BCUT2D eigenvalue weighted by Gasteiger charge is 2.35. The van der Waals surface area contributed by atoms with E-state index in [1.54, 1.807) is 24.3 Å². The molecule has 1 atom stereocenters. The number of amides is 2. The first kappa shape index (κ1) is 21.7. The first-order valence-corrected chi connectivity index (χ1v) is 11.0. The number of carbonyl (C=O) groups excluding carboxylic acids is 2. The predicted octanol–water partition coefficient (Wildman–Crippen LogP) is 2.46. The van der Waals surface area contributed by atoms with Crippen LogP contribution in [-0.4, -0.2) is 48.1 Å². The number of anilines is 3. The summed E-state index contributed by atoms with van der Waals surface area (Å²) in [5, 5.41) is 5.42. The number of hydrogen-bond donors (Lipinski definition) is 3. The molecule has 174 valence electrons. The Hall–Kier alpha value is -4.18. The van der Waals surface area contributed by atoms with Crippen LogP contribution in [0.2, 0.25) is 0 Å². The van der Waals surface area contributed by atoms with Crippen LogP contribution in [0.5, 0.6) is 11.5 Å². The highest BCUT2D eigenvalue weighted by Crippen LogP contribution is 2.31. The molecule has 10 heteroatoms. The average molecular weight is 461 g/mol. The molecule has 0 bridgehead atoms. The third kappa shape index (κ3) is 4.62. The minimum Gasteiger partial charge on any atom is -0.457 e. The van der Waals surface area contributed by atoms with Crippen LogP contribution in [0, 0.1) is 0 Å². The number of aromatic nitrogens is 2. The Bertz CT molecular complexity index is 1250. The smallest absolute Gasteiger partial charge is 0.258 e. The lowest BCUT2D eigenvalue weighted by Crippen LogP contribution is -2.41. The number of aromatic amines is 1. The Morgan fingerprint density at radius 1 is 1.03 bits per heavy atom. The molecule has 2 aliphatic rings. The van der Waals surface area contributed by atoms with Crippen LogP contribution in [0.25, 0.3) is 0 Å². The summed E-state index contributed by atoms with van der Waals surface area (Å²) in [6, 6.07) is 16.2. The van der Waals surface area contributed by atoms with Crippen LogP contribution in [0.4, 0.5) is 17.5 Å². The lowest BCUT2D eigenvalue weighted by Gasteiger charge is -2.29. The van der Waals surface area contributed by atoms with E-state index in [0.717, 1.165) is 0 Å². The molecule has 2 amide bonds. The molecule has 1 fully saturated rings. The lowest BCUT2D eigenvalue weighted by molar-refractivity contribution is -0.123.